The molecule has 1 saturated carbocycles. The van der Waals surface area contributed by atoms with Crippen molar-refractivity contribution in [3.8, 4) is 17.1 Å². The molecule has 38 heavy (non-hydrogen) atoms. The number of nitrogens with one attached hydrogen (secondary N) is 1. The molecular weight excluding hydrogens is 484 g/mol. The molecule has 0 saturated heterocycles. The van der Waals surface area contributed by atoms with Crippen LogP contribution >= 0.6 is 0 Å². The standard InChI is InChI=1S/C28H30N6O4/c1-19-8-10-21(11-9-19)27-30-32-34(31-27)18-25(36)33(17-24-7-4-16-38-24)26(20-12-14-23(35)15-13-20)28(37)29-22-5-2-3-6-22/h4,7-16,22,26,35H,2-3,5-6,17-18H2,1H3,(H,29,37)/t26-/m1/s1. The summed E-state index contributed by atoms with van der Waals surface area (Å²) in [5.74, 6) is 0.346. The quantitative estimate of drug-likeness (QED) is 0.348. The molecule has 5 rings (SSSR count). The number of nitrogens with zero attached hydrogens (tertiary/aromatic N) is 5. The van der Waals surface area contributed by atoms with Gasteiger partial charge in [0.15, 0.2) is 0 Å². The largest absolute Gasteiger partial charge is 0.508 e. The van der Waals surface area contributed by atoms with Crippen molar-refractivity contribution in [1.29, 1.82) is 0 Å². The van der Waals surface area contributed by atoms with Gasteiger partial charge in [0.05, 0.1) is 12.8 Å². The van der Waals surface area contributed by atoms with E-state index in [1.807, 2.05) is 31.2 Å². The Morgan fingerprint density at radius 1 is 1.11 bits per heavy atom. The highest BCUT2D eigenvalue weighted by Gasteiger charge is 2.34. The third kappa shape index (κ3) is 5.91. The van der Waals surface area contributed by atoms with Gasteiger partial charge in [-0.05, 0) is 54.8 Å². The van der Waals surface area contributed by atoms with E-state index in [2.05, 4.69) is 20.7 Å². The van der Waals surface area contributed by atoms with Crippen molar-refractivity contribution >= 4 is 11.8 Å². The van der Waals surface area contributed by atoms with Crippen LogP contribution in [-0.2, 0) is 22.7 Å². The van der Waals surface area contributed by atoms with Crippen molar-refractivity contribution in [3.63, 3.8) is 0 Å². The van der Waals surface area contributed by atoms with Crippen LogP contribution in [0.2, 0.25) is 0 Å². The van der Waals surface area contributed by atoms with E-state index in [1.165, 1.54) is 28.1 Å². The molecule has 0 bridgehead atoms. The summed E-state index contributed by atoms with van der Waals surface area (Å²) in [6, 6.07) is 16.6. The number of hydrogen-bond acceptors (Lipinski definition) is 7. The highest BCUT2D eigenvalue weighted by atomic mass is 16.3. The lowest BCUT2D eigenvalue weighted by molar-refractivity contribution is -0.143. The zero-order chi connectivity index (χ0) is 26.5. The van der Waals surface area contributed by atoms with Crippen LogP contribution in [0.1, 0.15) is 48.6 Å². The van der Waals surface area contributed by atoms with Crippen LogP contribution in [0, 0.1) is 6.92 Å². The molecule has 196 valence electrons. The Labute approximate surface area is 220 Å². The van der Waals surface area contributed by atoms with Crippen LogP contribution in [0.3, 0.4) is 0 Å². The van der Waals surface area contributed by atoms with Crippen LogP contribution in [0.5, 0.6) is 5.75 Å². The Bertz CT molecular complexity index is 1360. The first-order valence-corrected chi connectivity index (χ1v) is 12.7. The van der Waals surface area contributed by atoms with Crippen LogP contribution in [0.15, 0.2) is 71.3 Å². The number of carbonyl (C=O) groups excluding carboxylic acids is 2. The molecule has 10 nitrogen and oxygen atoms in total. The van der Waals surface area contributed by atoms with E-state index in [0.29, 0.717) is 17.1 Å². The van der Waals surface area contributed by atoms with Gasteiger partial charge >= 0.3 is 0 Å². The second-order valence-electron chi connectivity index (χ2n) is 9.59. The molecule has 0 unspecified atom stereocenters. The molecule has 0 radical (unpaired) electrons. The molecule has 2 aromatic carbocycles. The van der Waals surface area contributed by atoms with Crippen LogP contribution in [0.4, 0.5) is 0 Å². The molecule has 0 spiro atoms. The van der Waals surface area contributed by atoms with Crippen molar-refractivity contribution in [2.75, 3.05) is 0 Å². The Morgan fingerprint density at radius 2 is 1.84 bits per heavy atom. The zero-order valence-corrected chi connectivity index (χ0v) is 21.2. The second-order valence-corrected chi connectivity index (χ2v) is 9.59. The monoisotopic (exact) mass is 514 g/mol. The summed E-state index contributed by atoms with van der Waals surface area (Å²) in [6.07, 6.45) is 5.46. The number of carbonyl (C=O) groups is 2. The molecule has 2 amide bonds. The number of aryl methyl sites for hydroxylation is 1. The van der Waals surface area contributed by atoms with Crippen LogP contribution < -0.4 is 5.32 Å². The maximum absolute atomic E-state index is 13.8. The summed E-state index contributed by atoms with van der Waals surface area (Å²) in [5, 5.41) is 25.5. The van der Waals surface area contributed by atoms with Gasteiger partial charge in [0.2, 0.25) is 17.6 Å². The van der Waals surface area contributed by atoms with Gasteiger partial charge in [-0.2, -0.15) is 4.80 Å². The molecule has 2 N–H and O–H groups in total. The summed E-state index contributed by atoms with van der Waals surface area (Å²) in [7, 11) is 0. The number of benzene rings is 2. The number of aromatic hydroxyl groups is 1. The van der Waals surface area contributed by atoms with E-state index in [9.17, 15) is 14.7 Å². The van der Waals surface area contributed by atoms with Gasteiger partial charge < -0.3 is 19.7 Å². The van der Waals surface area contributed by atoms with Gasteiger partial charge in [0.1, 0.15) is 24.1 Å². The molecule has 2 heterocycles. The zero-order valence-electron chi connectivity index (χ0n) is 21.2. The lowest BCUT2D eigenvalue weighted by atomic mass is 10.0. The van der Waals surface area contributed by atoms with Gasteiger partial charge in [0.25, 0.3) is 0 Å². The van der Waals surface area contributed by atoms with E-state index < -0.39 is 6.04 Å². The number of amides is 2. The van der Waals surface area contributed by atoms with E-state index in [-0.39, 0.29) is 36.7 Å². The van der Waals surface area contributed by atoms with Crippen molar-refractivity contribution in [2.24, 2.45) is 0 Å². The van der Waals surface area contributed by atoms with Gasteiger partial charge in [-0.3, -0.25) is 9.59 Å². The maximum atomic E-state index is 13.8. The fraction of sp³-hybridized carbons (Fsp3) is 0.321. The highest BCUT2D eigenvalue weighted by Crippen LogP contribution is 2.28. The van der Waals surface area contributed by atoms with E-state index in [0.717, 1.165) is 36.8 Å². The molecule has 10 heteroatoms. The highest BCUT2D eigenvalue weighted by molar-refractivity contribution is 5.89. The summed E-state index contributed by atoms with van der Waals surface area (Å²) in [6.45, 7) is 1.84. The molecule has 4 aromatic rings. The van der Waals surface area contributed by atoms with E-state index >= 15 is 0 Å². The predicted molar refractivity (Wildman–Crippen MR) is 138 cm³/mol. The molecular formula is C28H30N6O4. The Balaban J connectivity index is 1.44. The minimum atomic E-state index is -0.950. The summed E-state index contributed by atoms with van der Waals surface area (Å²) >= 11 is 0. The predicted octanol–water partition coefficient (Wildman–Crippen LogP) is 3.78. The van der Waals surface area contributed by atoms with Crippen molar-refractivity contribution in [2.45, 2.75) is 57.8 Å². The maximum Gasteiger partial charge on any atom is 0.247 e. The average molecular weight is 515 g/mol. The number of rotatable bonds is 9. The van der Waals surface area contributed by atoms with Crippen molar-refractivity contribution < 1.29 is 19.1 Å². The Morgan fingerprint density at radius 3 is 2.53 bits per heavy atom. The van der Waals surface area contributed by atoms with E-state index in [4.69, 9.17) is 4.42 Å². The average Bonchev–Trinajstić information content (AvgIpc) is 3.69. The van der Waals surface area contributed by atoms with Gasteiger partial charge in [0, 0.05) is 11.6 Å². The van der Waals surface area contributed by atoms with Crippen LogP contribution in [0.25, 0.3) is 11.4 Å². The number of aromatic nitrogens is 4. The first-order chi connectivity index (χ1) is 18.5. The first-order valence-electron chi connectivity index (χ1n) is 12.7. The minimum Gasteiger partial charge on any atom is -0.508 e. The Hall–Kier alpha value is -4.47. The number of phenolic OH excluding ortho intramolecular Hbond substituents is 1. The fourth-order valence-corrected chi connectivity index (χ4v) is 4.71. The summed E-state index contributed by atoms with van der Waals surface area (Å²) < 4.78 is 5.54. The van der Waals surface area contributed by atoms with Gasteiger partial charge in [-0.15, -0.1) is 10.2 Å². The molecule has 1 fully saturated rings. The summed E-state index contributed by atoms with van der Waals surface area (Å²) in [5.41, 5.74) is 2.48. The topological polar surface area (TPSA) is 126 Å². The minimum absolute atomic E-state index is 0.0645. The molecule has 1 aliphatic carbocycles. The second kappa shape index (κ2) is 11.3. The van der Waals surface area contributed by atoms with Crippen molar-refractivity contribution in [3.05, 3.63) is 83.8 Å². The lowest BCUT2D eigenvalue weighted by Crippen LogP contribution is -2.46. The van der Waals surface area contributed by atoms with Gasteiger partial charge in [-0.25, -0.2) is 0 Å². The third-order valence-electron chi connectivity index (χ3n) is 6.74. The summed E-state index contributed by atoms with van der Waals surface area (Å²) in [4.78, 5) is 30.2. The van der Waals surface area contributed by atoms with Gasteiger partial charge in [-0.1, -0.05) is 54.8 Å². The number of tetrazole rings is 1. The SMILES string of the molecule is Cc1ccc(-c2nnn(CC(=O)N(Cc3ccco3)[C@@H](C(=O)NC3CCCC3)c3ccc(O)cc3)n2)cc1. The normalized spacial score (nSPS) is 14.3. The molecule has 0 aliphatic heterocycles. The van der Waals surface area contributed by atoms with Crippen molar-refractivity contribution in [1.82, 2.24) is 30.4 Å². The molecule has 1 aliphatic rings. The molecule has 1 atom stereocenters. The smallest absolute Gasteiger partial charge is 0.247 e. The van der Waals surface area contributed by atoms with E-state index in [1.54, 1.807) is 24.3 Å². The number of furan rings is 1. The fourth-order valence-electron chi connectivity index (χ4n) is 4.71. The Kier molecular flexibility index (Phi) is 7.48. The lowest BCUT2D eigenvalue weighted by Gasteiger charge is -2.31. The van der Waals surface area contributed by atoms with Crippen LogP contribution in [-0.4, -0.2) is 48.1 Å². The number of hydrogen-bond donors (Lipinski definition) is 2. The first kappa shape index (κ1) is 25.2. The third-order valence-corrected chi connectivity index (χ3v) is 6.74. The molecule has 2 aromatic heterocycles. The number of phenols is 1.